The van der Waals surface area contributed by atoms with E-state index in [1.807, 2.05) is 0 Å². The molecule has 0 saturated heterocycles. The Morgan fingerprint density at radius 3 is 2.33 bits per heavy atom. The lowest BCUT2D eigenvalue weighted by Gasteiger charge is -2.32. The van der Waals surface area contributed by atoms with Gasteiger partial charge in [0.05, 0.1) is 37.9 Å². The third-order valence-corrected chi connectivity index (χ3v) is 7.17. The number of aromatic amines is 1. The van der Waals surface area contributed by atoms with Gasteiger partial charge < -0.3 is 29.2 Å². The number of methoxy groups -OCH3 is 3. The highest BCUT2D eigenvalue weighted by Crippen LogP contribution is 2.42. The summed E-state index contributed by atoms with van der Waals surface area (Å²) in [5.41, 5.74) is -2.37. The average Bonchev–Trinajstić information content (AvgIpc) is 2.96. The predicted molar refractivity (Wildman–Crippen MR) is 138 cm³/mol. The van der Waals surface area contributed by atoms with Crippen LogP contribution < -0.4 is 21.2 Å². The second-order valence-corrected chi connectivity index (χ2v) is 9.34. The Hall–Kier alpha value is -4.61. The monoisotopic (exact) mass is 537 g/mol. The highest BCUT2D eigenvalue weighted by Gasteiger charge is 2.46. The van der Waals surface area contributed by atoms with Crippen LogP contribution in [0.15, 0.2) is 45.3 Å². The molecule has 1 fully saturated rings. The molecule has 1 saturated carbocycles. The lowest BCUT2D eigenvalue weighted by Crippen LogP contribution is -2.42. The topological polar surface area (TPSA) is 154 Å². The molecule has 3 heterocycles. The van der Waals surface area contributed by atoms with E-state index in [4.69, 9.17) is 18.9 Å². The maximum absolute atomic E-state index is 14.2. The summed E-state index contributed by atoms with van der Waals surface area (Å²) in [4.78, 5) is 69.7. The second kappa shape index (κ2) is 10.3. The van der Waals surface area contributed by atoms with Crippen molar-refractivity contribution in [2.75, 3.05) is 21.3 Å². The van der Waals surface area contributed by atoms with Gasteiger partial charge in [0.15, 0.2) is 5.75 Å². The average molecular weight is 538 g/mol. The molecule has 5 rings (SSSR count). The molecule has 0 bridgehead atoms. The molecule has 1 aromatic carbocycles. The van der Waals surface area contributed by atoms with Crippen LogP contribution in [0.4, 0.5) is 0 Å². The van der Waals surface area contributed by atoms with Gasteiger partial charge in [-0.1, -0.05) is 31.4 Å². The lowest BCUT2D eigenvalue weighted by molar-refractivity contribution is -0.145. The van der Waals surface area contributed by atoms with Crippen LogP contribution in [0, 0.1) is 0 Å². The van der Waals surface area contributed by atoms with Gasteiger partial charge in [0.25, 0.3) is 11.1 Å². The highest BCUT2D eigenvalue weighted by atomic mass is 16.5. The summed E-state index contributed by atoms with van der Waals surface area (Å²) < 4.78 is 22.1. The van der Waals surface area contributed by atoms with Gasteiger partial charge in [0, 0.05) is 6.04 Å². The van der Waals surface area contributed by atoms with Gasteiger partial charge in [-0.3, -0.25) is 18.8 Å². The number of H-pyrrole nitrogens is 1. The third kappa shape index (κ3) is 4.21. The van der Waals surface area contributed by atoms with Gasteiger partial charge in [-0.25, -0.2) is 9.59 Å². The Morgan fingerprint density at radius 1 is 0.974 bits per heavy atom. The first-order valence-electron chi connectivity index (χ1n) is 12.5. The van der Waals surface area contributed by atoms with E-state index in [-0.39, 0.29) is 45.4 Å². The molecule has 1 aliphatic heterocycles. The molecule has 1 atom stereocenters. The van der Waals surface area contributed by atoms with Gasteiger partial charge in [-0.2, -0.15) is 0 Å². The first kappa shape index (κ1) is 26.0. The molecule has 2 N–H and O–H groups in total. The zero-order chi connectivity index (χ0) is 27.8. The minimum absolute atomic E-state index is 0.108. The van der Waals surface area contributed by atoms with Crippen LogP contribution in [0.2, 0.25) is 0 Å². The van der Waals surface area contributed by atoms with Crippen molar-refractivity contribution in [3.05, 3.63) is 67.6 Å². The number of benzene rings is 1. The highest BCUT2D eigenvalue weighted by molar-refractivity contribution is 6.05. The second-order valence-electron chi connectivity index (χ2n) is 9.34. The van der Waals surface area contributed by atoms with Crippen molar-refractivity contribution in [3.8, 4) is 5.75 Å². The van der Waals surface area contributed by atoms with Crippen molar-refractivity contribution in [2.45, 2.75) is 44.1 Å². The van der Waals surface area contributed by atoms with Gasteiger partial charge in [0.1, 0.15) is 22.6 Å². The number of ether oxygens (including phenoxy) is 4. The molecule has 0 radical (unpaired) electrons. The molecule has 3 aromatic rings. The summed E-state index contributed by atoms with van der Waals surface area (Å²) in [5.74, 6) is -4.99. The minimum Gasteiger partial charge on any atom is -0.468 e. The molecular formula is C27H27N3O9. The number of carbonyl (C=O) groups is 3. The van der Waals surface area contributed by atoms with Crippen LogP contribution in [-0.2, 0) is 23.8 Å². The number of rotatable bonds is 5. The molecule has 2 aliphatic rings. The number of fused-ring (bicyclic) bond motifs is 4. The molecular weight excluding hydrogens is 510 g/mol. The zero-order valence-electron chi connectivity index (χ0n) is 21.6. The van der Waals surface area contributed by atoms with Crippen molar-refractivity contribution < 1.29 is 33.3 Å². The maximum Gasteiger partial charge on any atom is 0.344 e. The van der Waals surface area contributed by atoms with E-state index >= 15 is 0 Å². The Morgan fingerprint density at radius 2 is 1.67 bits per heavy atom. The number of hydrogen-bond acceptors (Lipinski definition) is 10. The molecule has 0 amide bonds. The predicted octanol–water partition coefficient (Wildman–Crippen LogP) is 1.88. The number of nitrogens with one attached hydrogen (secondary N) is 2. The van der Waals surface area contributed by atoms with E-state index < -0.39 is 34.9 Å². The molecule has 204 valence electrons. The minimum atomic E-state index is -1.62. The Labute approximate surface area is 221 Å². The molecule has 39 heavy (non-hydrogen) atoms. The van der Waals surface area contributed by atoms with Crippen LogP contribution in [-0.4, -0.2) is 54.7 Å². The van der Waals surface area contributed by atoms with Crippen molar-refractivity contribution >= 4 is 34.5 Å². The number of para-hydroxylation sites is 2. The quantitative estimate of drug-likeness (QED) is 0.280. The number of carbonyl (C=O) groups excluding carboxylic acids is 3. The summed E-state index contributed by atoms with van der Waals surface area (Å²) in [6.07, 6.45) is 4.48. The molecule has 12 nitrogen and oxygen atoms in total. The third-order valence-electron chi connectivity index (χ3n) is 7.17. The first-order valence-corrected chi connectivity index (χ1v) is 12.5. The van der Waals surface area contributed by atoms with Crippen molar-refractivity contribution in [1.82, 2.24) is 14.7 Å². The van der Waals surface area contributed by atoms with Crippen molar-refractivity contribution in [3.63, 3.8) is 0 Å². The largest absolute Gasteiger partial charge is 0.468 e. The fraction of sp³-hybridized carbons (Fsp3) is 0.370. The van der Waals surface area contributed by atoms with E-state index in [0.29, 0.717) is 5.52 Å². The van der Waals surface area contributed by atoms with E-state index in [2.05, 4.69) is 10.3 Å². The van der Waals surface area contributed by atoms with Crippen LogP contribution in [0.3, 0.4) is 0 Å². The van der Waals surface area contributed by atoms with Crippen LogP contribution in [0.25, 0.3) is 16.6 Å². The van der Waals surface area contributed by atoms with Crippen LogP contribution in [0.1, 0.15) is 53.9 Å². The van der Waals surface area contributed by atoms with Crippen molar-refractivity contribution in [2.24, 2.45) is 0 Å². The summed E-state index contributed by atoms with van der Waals surface area (Å²) in [6, 6.07) is 6.35. The Balaban J connectivity index is 1.92. The summed E-state index contributed by atoms with van der Waals surface area (Å²) >= 11 is 0. The molecule has 2 aromatic heterocycles. The molecule has 12 heteroatoms. The van der Waals surface area contributed by atoms with Crippen molar-refractivity contribution in [1.29, 1.82) is 0 Å². The SMILES string of the molecule is COC(=O)C1=C(NC2CCCCC2)Oc2c(c(=O)n3c(c2C(=O)OC)c(=O)[nH]c2ccccc23)C1C(=O)OC. The van der Waals surface area contributed by atoms with E-state index in [0.717, 1.165) is 57.8 Å². The lowest BCUT2D eigenvalue weighted by atomic mass is 9.87. The zero-order valence-corrected chi connectivity index (χ0v) is 21.6. The number of pyridine rings is 1. The number of esters is 3. The van der Waals surface area contributed by atoms with E-state index in [1.54, 1.807) is 24.3 Å². The van der Waals surface area contributed by atoms with Crippen LogP contribution >= 0.6 is 0 Å². The summed E-state index contributed by atoms with van der Waals surface area (Å²) in [6.45, 7) is 0. The fourth-order valence-electron chi connectivity index (χ4n) is 5.37. The summed E-state index contributed by atoms with van der Waals surface area (Å²) in [5, 5.41) is 3.17. The fourth-order valence-corrected chi connectivity index (χ4v) is 5.37. The Kier molecular flexibility index (Phi) is 6.85. The normalized spacial score (nSPS) is 17.4. The van der Waals surface area contributed by atoms with Gasteiger partial charge >= 0.3 is 17.9 Å². The first-order chi connectivity index (χ1) is 18.8. The standard InChI is InChI=1S/C27H27N3O9/c1-36-25(33)16-17-21(39-23(18(16)26(34)37-2)28-13-9-5-4-6-10-13)19(27(35)38-3)20-22(31)29-14-11-7-8-12-15(14)30(20)24(17)32/h7-8,11-13,16,28H,4-6,9-10H2,1-3H3,(H,29,31). The number of aromatic nitrogens is 2. The van der Waals surface area contributed by atoms with E-state index in [9.17, 15) is 24.0 Å². The number of hydrogen-bond donors (Lipinski definition) is 2. The molecule has 0 spiro atoms. The van der Waals surface area contributed by atoms with E-state index in [1.165, 1.54) is 0 Å². The van der Waals surface area contributed by atoms with Gasteiger partial charge in [-0.15, -0.1) is 0 Å². The molecule has 1 aliphatic carbocycles. The Bertz CT molecular complexity index is 1660. The number of nitrogens with zero attached hydrogens (tertiary/aromatic N) is 1. The maximum atomic E-state index is 14.2. The smallest absolute Gasteiger partial charge is 0.344 e. The molecule has 1 unspecified atom stereocenters. The summed E-state index contributed by atoms with van der Waals surface area (Å²) in [7, 11) is 3.36. The van der Waals surface area contributed by atoms with Gasteiger partial charge in [-0.05, 0) is 25.0 Å². The van der Waals surface area contributed by atoms with Gasteiger partial charge in [0.2, 0.25) is 5.88 Å². The van der Waals surface area contributed by atoms with Crippen LogP contribution in [0.5, 0.6) is 5.75 Å².